The fourth-order valence-corrected chi connectivity index (χ4v) is 5.20. The molecule has 2 aromatic heterocycles. The number of furan rings is 1. The molecule has 0 saturated carbocycles. The van der Waals surface area contributed by atoms with Crippen molar-refractivity contribution in [1.29, 1.82) is 5.26 Å². The predicted octanol–water partition coefficient (Wildman–Crippen LogP) is 7.31. The van der Waals surface area contributed by atoms with Gasteiger partial charge < -0.3 is 18.6 Å². The minimum Gasteiger partial charge on any atom is -0.496 e. The van der Waals surface area contributed by atoms with E-state index in [1.54, 1.807) is 55.8 Å². The van der Waals surface area contributed by atoms with E-state index in [1.165, 1.54) is 4.68 Å². The van der Waals surface area contributed by atoms with Gasteiger partial charge in [-0.1, -0.05) is 36.4 Å². The minimum atomic E-state index is -0.355. The van der Waals surface area contributed by atoms with E-state index < -0.39 is 0 Å². The lowest BCUT2D eigenvalue weighted by Gasteiger charge is -2.14. The smallest absolute Gasteiger partial charge is 0.282 e. The van der Waals surface area contributed by atoms with E-state index in [1.807, 2.05) is 49.4 Å². The summed E-state index contributed by atoms with van der Waals surface area (Å²) in [6.07, 6.45) is 1.55. The molecule has 44 heavy (non-hydrogen) atoms. The highest BCUT2D eigenvalue weighted by atomic mass is 79.9. The lowest BCUT2D eigenvalue weighted by atomic mass is 10.1. The van der Waals surface area contributed by atoms with Crippen LogP contribution >= 0.6 is 15.9 Å². The van der Waals surface area contributed by atoms with E-state index in [2.05, 4.69) is 27.1 Å². The van der Waals surface area contributed by atoms with Crippen LogP contribution in [0.15, 0.2) is 104 Å². The number of methoxy groups -OCH3 is 1. The summed E-state index contributed by atoms with van der Waals surface area (Å²) in [7, 11) is 1.59. The van der Waals surface area contributed by atoms with Crippen LogP contribution in [-0.2, 0) is 6.61 Å². The molecule has 0 unspecified atom stereocenters. The van der Waals surface area contributed by atoms with Gasteiger partial charge in [-0.05, 0) is 71.4 Å². The third-order valence-electron chi connectivity index (χ3n) is 6.91. The van der Waals surface area contributed by atoms with Crippen molar-refractivity contribution in [1.82, 2.24) is 9.66 Å². The van der Waals surface area contributed by atoms with Gasteiger partial charge >= 0.3 is 0 Å². The maximum atomic E-state index is 13.7. The topological polar surface area (TPSA) is 112 Å². The average Bonchev–Trinajstić information content (AvgIpc) is 3.49. The van der Waals surface area contributed by atoms with Crippen LogP contribution in [0.5, 0.6) is 17.2 Å². The van der Waals surface area contributed by atoms with Crippen LogP contribution in [0, 0.1) is 11.3 Å². The molecule has 0 bridgehead atoms. The SMILES string of the molecule is CCOc1cc(C=Nn2c(-c3cc4c(OC)cccc4o3)nc3ccccc3c2=O)c(Br)cc1OCc1ccccc1C#N. The number of para-hydroxylation sites is 1. The fraction of sp³-hybridized carbons (Fsp3) is 0.118. The monoisotopic (exact) mass is 648 g/mol. The zero-order valence-corrected chi connectivity index (χ0v) is 25.4. The summed E-state index contributed by atoms with van der Waals surface area (Å²) in [6.45, 7) is 2.46. The first kappa shape index (κ1) is 28.7. The number of ether oxygens (including phenoxy) is 3. The molecule has 0 fully saturated rings. The Balaban J connectivity index is 1.42. The van der Waals surface area contributed by atoms with Crippen molar-refractivity contribution in [3.63, 3.8) is 0 Å². The Morgan fingerprint density at radius 2 is 1.77 bits per heavy atom. The number of rotatable bonds is 9. The molecule has 0 saturated heterocycles. The molecule has 0 atom stereocenters. The molecule has 6 rings (SSSR count). The predicted molar refractivity (Wildman–Crippen MR) is 172 cm³/mol. The van der Waals surface area contributed by atoms with Crippen molar-refractivity contribution in [2.75, 3.05) is 13.7 Å². The van der Waals surface area contributed by atoms with E-state index in [4.69, 9.17) is 23.6 Å². The molecule has 2 heterocycles. The van der Waals surface area contributed by atoms with E-state index >= 15 is 0 Å². The molecule has 0 aliphatic heterocycles. The molecule has 4 aromatic carbocycles. The molecular weight excluding hydrogens is 624 g/mol. The van der Waals surface area contributed by atoms with Crippen LogP contribution < -0.4 is 19.8 Å². The second kappa shape index (κ2) is 12.5. The molecule has 0 spiro atoms. The summed E-state index contributed by atoms with van der Waals surface area (Å²) >= 11 is 3.61. The Kier molecular flexibility index (Phi) is 8.12. The van der Waals surface area contributed by atoms with Crippen LogP contribution in [0.3, 0.4) is 0 Å². The highest BCUT2D eigenvalue weighted by molar-refractivity contribution is 9.10. The number of hydrogen-bond acceptors (Lipinski definition) is 8. The number of hydrogen-bond donors (Lipinski definition) is 0. The van der Waals surface area contributed by atoms with Gasteiger partial charge in [0, 0.05) is 15.6 Å². The van der Waals surface area contributed by atoms with Crippen LogP contribution in [0.2, 0.25) is 0 Å². The molecule has 9 nitrogen and oxygen atoms in total. The third-order valence-corrected chi connectivity index (χ3v) is 7.60. The maximum Gasteiger partial charge on any atom is 0.282 e. The molecule has 0 amide bonds. The average molecular weight is 650 g/mol. The van der Waals surface area contributed by atoms with Crippen LogP contribution in [0.1, 0.15) is 23.6 Å². The summed E-state index contributed by atoms with van der Waals surface area (Å²) in [6, 6.07) is 27.4. The summed E-state index contributed by atoms with van der Waals surface area (Å²) in [4.78, 5) is 18.5. The number of nitrogens with zero attached hydrogens (tertiary/aromatic N) is 4. The first-order valence-electron chi connectivity index (χ1n) is 13.7. The highest BCUT2D eigenvalue weighted by Gasteiger charge is 2.18. The van der Waals surface area contributed by atoms with Gasteiger partial charge in [0.1, 0.15) is 17.9 Å². The normalized spacial score (nSPS) is 11.2. The number of halogens is 1. The maximum absolute atomic E-state index is 13.7. The first-order chi connectivity index (χ1) is 21.5. The lowest BCUT2D eigenvalue weighted by Crippen LogP contribution is -2.20. The van der Waals surface area contributed by atoms with Gasteiger partial charge in [-0.3, -0.25) is 4.79 Å². The second-order valence-electron chi connectivity index (χ2n) is 9.61. The van der Waals surface area contributed by atoms with Crippen molar-refractivity contribution in [2.24, 2.45) is 5.10 Å². The number of fused-ring (bicyclic) bond motifs is 2. The Morgan fingerprint density at radius 3 is 2.59 bits per heavy atom. The summed E-state index contributed by atoms with van der Waals surface area (Å²) in [5.41, 5.74) is 2.70. The lowest BCUT2D eigenvalue weighted by molar-refractivity contribution is 0.269. The minimum absolute atomic E-state index is 0.188. The molecule has 0 aliphatic carbocycles. The van der Waals surface area contributed by atoms with E-state index in [-0.39, 0.29) is 18.0 Å². The van der Waals surface area contributed by atoms with Crippen molar-refractivity contribution in [3.05, 3.63) is 116 Å². The van der Waals surface area contributed by atoms with Crippen LogP contribution in [-0.4, -0.2) is 29.6 Å². The molecule has 218 valence electrons. The van der Waals surface area contributed by atoms with Gasteiger partial charge in [0.15, 0.2) is 17.3 Å². The fourth-order valence-electron chi connectivity index (χ4n) is 4.77. The summed E-state index contributed by atoms with van der Waals surface area (Å²) in [5.74, 6) is 2.21. The first-order valence-corrected chi connectivity index (χ1v) is 14.5. The van der Waals surface area contributed by atoms with Crippen molar-refractivity contribution in [3.8, 4) is 34.9 Å². The molecule has 0 N–H and O–H groups in total. The number of benzene rings is 4. The Bertz CT molecular complexity index is 2140. The van der Waals surface area contributed by atoms with Crippen LogP contribution in [0.25, 0.3) is 33.5 Å². The van der Waals surface area contributed by atoms with Gasteiger partial charge in [0.2, 0.25) is 5.82 Å². The molecule has 10 heteroatoms. The molecule has 0 radical (unpaired) electrons. The van der Waals surface area contributed by atoms with E-state index in [0.29, 0.717) is 61.7 Å². The zero-order valence-electron chi connectivity index (χ0n) is 23.8. The molecule has 6 aromatic rings. The zero-order chi connectivity index (χ0) is 30.6. The number of aromatic nitrogens is 2. The Morgan fingerprint density at radius 1 is 0.977 bits per heavy atom. The highest BCUT2D eigenvalue weighted by Crippen LogP contribution is 2.35. The van der Waals surface area contributed by atoms with Gasteiger partial charge in [-0.25, -0.2) is 4.98 Å². The van der Waals surface area contributed by atoms with Gasteiger partial charge in [-0.2, -0.15) is 15.0 Å². The molecule has 0 aliphatic rings. The van der Waals surface area contributed by atoms with Crippen molar-refractivity contribution < 1.29 is 18.6 Å². The summed E-state index contributed by atoms with van der Waals surface area (Å²) in [5, 5.41) is 15.2. The van der Waals surface area contributed by atoms with Crippen LogP contribution in [0.4, 0.5) is 0 Å². The molecular formula is C34H25BrN4O5. The van der Waals surface area contributed by atoms with Crippen molar-refractivity contribution in [2.45, 2.75) is 13.5 Å². The number of nitriles is 1. The van der Waals surface area contributed by atoms with Gasteiger partial charge in [0.05, 0.1) is 47.9 Å². The van der Waals surface area contributed by atoms with Gasteiger partial charge in [0.25, 0.3) is 5.56 Å². The Labute approximate surface area is 260 Å². The second-order valence-corrected chi connectivity index (χ2v) is 10.5. The largest absolute Gasteiger partial charge is 0.496 e. The summed E-state index contributed by atoms with van der Waals surface area (Å²) < 4.78 is 25.4. The standard InChI is InChI=1S/C34H25BrN4O5/c1-3-42-30-15-23(26(35)17-31(30)43-20-22-10-5-4-9-21(22)18-36)19-37-39-33(38-27-12-7-6-11-24(27)34(39)40)32-16-25-28(41-2)13-8-14-29(25)44-32/h4-17,19H,3,20H2,1-2H3. The van der Waals surface area contributed by atoms with Crippen molar-refractivity contribution >= 4 is 44.0 Å². The quantitative estimate of drug-likeness (QED) is 0.151. The third kappa shape index (κ3) is 5.53. The van der Waals surface area contributed by atoms with E-state index in [0.717, 1.165) is 10.9 Å². The van der Waals surface area contributed by atoms with E-state index in [9.17, 15) is 10.1 Å². The van der Waals surface area contributed by atoms with Gasteiger partial charge in [-0.15, -0.1) is 0 Å². The Hall–Kier alpha value is -5.40.